The minimum atomic E-state index is -1.20. The lowest BCUT2D eigenvalue weighted by Crippen LogP contribution is -2.18. The van der Waals surface area contributed by atoms with E-state index in [0.717, 1.165) is 11.8 Å². The zero-order chi connectivity index (χ0) is 13.1. The summed E-state index contributed by atoms with van der Waals surface area (Å²) < 4.78 is 44.3. The number of rotatable bonds is 4. The van der Waals surface area contributed by atoms with E-state index in [2.05, 4.69) is 5.32 Å². The van der Waals surface area contributed by atoms with Crippen LogP contribution in [0.1, 0.15) is 12.7 Å². The highest BCUT2D eigenvalue weighted by Crippen LogP contribution is 2.20. The van der Waals surface area contributed by atoms with Crippen LogP contribution in [0.4, 0.5) is 18.9 Å². The second kappa shape index (κ2) is 5.16. The maximum Gasteiger partial charge on any atom is 0.161 e. The van der Waals surface area contributed by atoms with Gasteiger partial charge in [0.15, 0.2) is 11.6 Å². The summed E-state index contributed by atoms with van der Waals surface area (Å²) in [6.07, 6.45) is 2.06. The molecule has 5 heteroatoms. The van der Waals surface area contributed by atoms with Gasteiger partial charge in [0.1, 0.15) is 11.6 Å². The van der Waals surface area contributed by atoms with Crippen molar-refractivity contribution in [3.05, 3.63) is 53.7 Å². The summed E-state index contributed by atoms with van der Waals surface area (Å²) in [6, 6.07) is 4.70. The maximum atomic E-state index is 13.4. The van der Waals surface area contributed by atoms with Crippen molar-refractivity contribution in [3.63, 3.8) is 0 Å². The zero-order valence-electron chi connectivity index (χ0n) is 9.71. The van der Waals surface area contributed by atoms with Crippen LogP contribution < -0.4 is 5.32 Å². The molecular formula is C13H12F3NO. The van der Waals surface area contributed by atoms with Crippen LogP contribution in [0.25, 0.3) is 0 Å². The van der Waals surface area contributed by atoms with Crippen molar-refractivity contribution >= 4 is 5.69 Å². The molecule has 0 aliphatic heterocycles. The van der Waals surface area contributed by atoms with Crippen LogP contribution in [0.2, 0.25) is 0 Å². The predicted molar refractivity (Wildman–Crippen MR) is 61.8 cm³/mol. The Morgan fingerprint density at radius 3 is 2.56 bits per heavy atom. The highest BCUT2D eigenvalue weighted by molar-refractivity contribution is 5.46. The largest absolute Gasteiger partial charge is 0.469 e. The molecule has 0 spiro atoms. The molecule has 0 amide bonds. The van der Waals surface area contributed by atoms with E-state index in [-0.39, 0.29) is 11.7 Å². The van der Waals surface area contributed by atoms with Gasteiger partial charge in [-0.2, -0.15) is 0 Å². The second-order valence-electron chi connectivity index (χ2n) is 4.08. The predicted octanol–water partition coefficient (Wildman–Crippen LogP) is 3.74. The summed E-state index contributed by atoms with van der Waals surface area (Å²) in [5.41, 5.74) is -0.0621. The number of furan rings is 1. The summed E-state index contributed by atoms with van der Waals surface area (Å²) in [7, 11) is 0. The number of hydrogen-bond acceptors (Lipinski definition) is 2. The summed E-state index contributed by atoms with van der Waals surface area (Å²) in [5, 5.41) is 2.77. The third-order valence-electron chi connectivity index (χ3n) is 2.50. The summed E-state index contributed by atoms with van der Waals surface area (Å²) >= 11 is 0. The summed E-state index contributed by atoms with van der Waals surface area (Å²) in [6.45, 7) is 1.79. The molecule has 0 aliphatic carbocycles. The van der Waals surface area contributed by atoms with Crippen molar-refractivity contribution < 1.29 is 17.6 Å². The Kier molecular flexibility index (Phi) is 3.60. The van der Waals surface area contributed by atoms with E-state index in [1.165, 1.54) is 0 Å². The normalized spacial score (nSPS) is 12.4. The molecule has 0 bridgehead atoms. The topological polar surface area (TPSA) is 25.2 Å². The fourth-order valence-corrected chi connectivity index (χ4v) is 1.68. The van der Waals surface area contributed by atoms with Gasteiger partial charge < -0.3 is 9.73 Å². The van der Waals surface area contributed by atoms with Crippen LogP contribution in [0.15, 0.2) is 34.9 Å². The van der Waals surface area contributed by atoms with Crippen LogP contribution in [0, 0.1) is 17.5 Å². The molecule has 18 heavy (non-hydrogen) atoms. The third kappa shape index (κ3) is 2.85. The van der Waals surface area contributed by atoms with Gasteiger partial charge in [-0.25, -0.2) is 13.2 Å². The molecule has 1 atom stereocenters. The van der Waals surface area contributed by atoms with E-state index in [0.29, 0.717) is 12.5 Å². The van der Waals surface area contributed by atoms with Gasteiger partial charge in [-0.3, -0.25) is 0 Å². The molecule has 1 N–H and O–H groups in total. The lowest BCUT2D eigenvalue weighted by Gasteiger charge is -2.14. The monoisotopic (exact) mass is 255 g/mol. The first-order valence-electron chi connectivity index (χ1n) is 5.49. The third-order valence-corrected chi connectivity index (χ3v) is 2.50. The molecule has 1 heterocycles. The van der Waals surface area contributed by atoms with Crippen LogP contribution in [-0.2, 0) is 6.42 Å². The molecule has 0 aliphatic rings. The van der Waals surface area contributed by atoms with Gasteiger partial charge in [-0.05, 0) is 19.1 Å². The first-order chi connectivity index (χ1) is 8.56. The highest BCUT2D eigenvalue weighted by Gasteiger charge is 2.12. The van der Waals surface area contributed by atoms with Gasteiger partial charge in [0.2, 0.25) is 0 Å². The Morgan fingerprint density at radius 1 is 1.17 bits per heavy atom. The van der Waals surface area contributed by atoms with E-state index in [1.807, 2.05) is 0 Å². The molecule has 0 saturated heterocycles. The molecule has 2 aromatic rings. The van der Waals surface area contributed by atoms with Gasteiger partial charge in [0.05, 0.1) is 12.0 Å². The SMILES string of the molecule is CC(Cc1ccco1)Nc1cc(F)c(F)cc1F. The minimum Gasteiger partial charge on any atom is -0.469 e. The molecule has 1 unspecified atom stereocenters. The van der Waals surface area contributed by atoms with Crippen LogP contribution in [0.3, 0.4) is 0 Å². The number of hydrogen-bond donors (Lipinski definition) is 1. The molecule has 0 radical (unpaired) electrons. The maximum absolute atomic E-state index is 13.4. The van der Waals surface area contributed by atoms with Gasteiger partial charge in [-0.15, -0.1) is 0 Å². The quantitative estimate of drug-likeness (QED) is 0.842. The van der Waals surface area contributed by atoms with Crippen LogP contribution in [0.5, 0.6) is 0 Å². The molecule has 2 nitrogen and oxygen atoms in total. The Morgan fingerprint density at radius 2 is 1.89 bits per heavy atom. The van der Waals surface area contributed by atoms with E-state index >= 15 is 0 Å². The van der Waals surface area contributed by atoms with Gasteiger partial charge in [0.25, 0.3) is 0 Å². The van der Waals surface area contributed by atoms with E-state index in [4.69, 9.17) is 4.42 Å². The zero-order valence-corrected chi connectivity index (χ0v) is 9.71. The molecule has 2 rings (SSSR count). The summed E-state index contributed by atoms with van der Waals surface area (Å²) in [5.74, 6) is -2.36. The molecule has 96 valence electrons. The number of anilines is 1. The second-order valence-corrected chi connectivity index (χ2v) is 4.08. The van der Waals surface area contributed by atoms with Crippen LogP contribution >= 0.6 is 0 Å². The van der Waals surface area contributed by atoms with E-state index < -0.39 is 17.5 Å². The lowest BCUT2D eigenvalue weighted by molar-refractivity contribution is 0.490. The Labute approximate surface area is 102 Å². The molecule has 1 aromatic heterocycles. The Hall–Kier alpha value is -1.91. The van der Waals surface area contributed by atoms with Crippen molar-refractivity contribution in [1.29, 1.82) is 0 Å². The fraction of sp³-hybridized carbons (Fsp3) is 0.231. The average Bonchev–Trinajstić information content (AvgIpc) is 2.78. The standard InChI is InChI=1S/C13H12F3NO/c1-8(5-9-3-2-4-18-9)17-13-7-11(15)10(14)6-12(13)16/h2-4,6-8,17H,5H2,1H3. The molecule has 0 fully saturated rings. The Bertz CT molecular complexity index is 525. The molecule has 0 saturated carbocycles. The van der Waals surface area contributed by atoms with Crippen LogP contribution in [-0.4, -0.2) is 6.04 Å². The average molecular weight is 255 g/mol. The van der Waals surface area contributed by atoms with Gasteiger partial charge in [0, 0.05) is 24.6 Å². The highest BCUT2D eigenvalue weighted by atomic mass is 19.2. The van der Waals surface area contributed by atoms with E-state index in [9.17, 15) is 13.2 Å². The van der Waals surface area contributed by atoms with Gasteiger partial charge in [-0.1, -0.05) is 0 Å². The van der Waals surface area contributed by atoms with Crippen molar-refractivity contribution in [1.82, 2.24) is 0 Å². The smallest absolute Gasteiger partial charge is 0.161 e. The first kappa shape index (κ1) is 12.5. The van der Waals surface area contributed by atoms with Crippen molar-refractivity contribution in [2.75, 3.05) is 5.32 Å². The fourth-order valence-electron chi connectivity index (χ4n) is 1.68. The minimum absolute atomic E-state index is 0.0621. The lowest BCUT2D eigenvalue weighted by atomic mass is 10.2. The number of benzene rings is 1. The number of halogens is 3. The number of nitrogens with one attached hydrogen (secondary N) is 1. The summed E-state index contributed by atoms with van der Waals surface area (Å²) in [4.78, 5) is 0. The van der Waals surface area contributed by atoms with E-state index in [1.54, 1.807) is 25.3 Å². The van der Waals surface area contributed by atoms with Crippen molar-refractivity contribution in [2.24, 2.45) is 0 Å². The first-order valence-corrected chi connectivity index (χ1v) is 5.49. The van der Waals surface area contributed by atoms with Crippen molar-refractivity contribution in [3.8, 4) is 0 Å². The molecular weight excluding hydrogens is 243 g/mol. The van der Waals surface area contributed by atoms with Gasteiger partial charge >= 0.3 is 0 Å². The Balaban J connectivity index is 2.07. The van der Waals surface area contributed by atoms with Crippen molar-refractivity contribution in [2.45, 2.75) is 19.4 Å². The molecule has 1 aromatic carbocycles.